The maximum atomic E-state index is 9.57. The van der Waals surface area contributed by atoms with Crippen LogP contribution in [0.3, 0.4) is 0 Å². The smallest absolute Gasteiger partial charge is 0.123 e. The molecule has 0 fully saturated rings. The highest BCUT2D eigenvalue weighted by molar-refractivity contribution is 7.11. The van der Waals surface area contributed by atoms with Gasteiger partial charge in [0.15, 0.2) is 0 Å². The minimum Gasteiger partial charge on any atom is -0.385 e. The van der Waals surface area contributed by atoms with E-state index in [0.29, 0.717) is 0 Å². The average molecular weight is 212 g/mol. The van der Waals surface area contributed by atoms with Gasteiger partial charge in [-0.3, -0.25) is 0 Å². The normalized spacial score (nSPS) is 18.7. The topological polar surface area (TPSA) is 59.1 Å². The maximum absolute atomic E-state index is 9.57. The van der Waals surface area contributed by atoms with Crippen molar-refractivity contribution in [1.82, 2.24) is 4.98 Å². The molecular weight excluding hydrogens is 196 g/mol. The number of aliphatic hydroxyl groups is 1. The van der Waals surface area contributed by atoms with Crippen molar-refractivity contribution in [3.05, 3.63) is 15.6 Å². The minimum atomic E-state index is -0.563. The fraction of sp³-hybridized carbons (Fsp3) is 0.700. The largest absolute Gasteiger partial charge is 0.385 e. The summed E-state index contributed by atoms with van der Waals surface area (Å²) in [5.74, 6) is 0. The summed E-state index contributed by atoms with van der Waals surface area (Å²) in [6.45, 7) is 0.270. The van der Waals surface area contributed by atoms with Crippen LogP contribution in [-0.4, -0.2) is 16.6 Å². The van der Waals surface area contributed by atoms with Gasteiger partial charge in [-0.15, -0.1) is 11.3 Å². The standard InChI is InChI=1S/C10H16N2OS/c11-6-8(13)10-12-7-4-2-1-3-5-9(7)14-10/h8,13H,1-6,11H2. The van der Waals surface area contributed by atoms with Crippen molar-refractivity contribution in [2.75, 3.05) is 6.54 Å². The number of rotatable bonds is 2. The zero-order chi connectivity index (χ0) is 9.97. The minimum absolute atomic E-state index is 0.270. The first-order valence-corrected chi connectivity index (χ1v) is 5.99. The summed E-state index contributed by atoms with van der Waals surface area (Å²) in [5, 5.41) is 10.4. The molecule has 1 unspecified atom stereocenters. The quantitative estimate of drug-likeness (QED) is 0.729. The van der Waals surface area contributed by atoms with E-state index in [-0.39, 0.29) is 6.54 Å². The number of aryl methyl sites for hydroxylation is 2. The SMILES string of the molecule is NCC(O)c1nc2c(s1)CCCCC2. The van der Waals surface area contributed by atoms with Crippen LogP contribution >= 0.6 is 11.3 Å². The molecule has 0 saturated carbocycles. The molecule has 2 rings (SSSR count). The number of nitrogens with two attached hydrogens (primary N) is 1. The third kappa shape index (κ3) is 1.97. The number of aliphatic hydroxyl groups excluding tert-OH is 1. The van der Waals surface area contributed by atoms with E-state index in [1.54, 1.807) is 11.3 Å². The molecule has 4 heteroatoms. The first kappa shape index (κ1) is 10.1. The predicted molar refractivity (Wildman–Crippen MR) is 57.4 cm³/mol. The Morgan fingerprint density at radius 3 is 2.93 bits per heavy atom. The summed E-state index contributed by atoms with van der Waals surface area (Å²) in [4.78, 5) is 5.84. The van der Waals surface area contributed by atoms with Gasteiger partial charge in [-0.1, -0.05) is 6.42 Å². The van der Waals surface area contributed by atoms with Crippen LogP contribution in [0.2, 0.25) is 0 Å². The van der Waals surface area contributed by atoms with Gasteiger partial charge in [0.1, 0.15) is 11.1 Å². The summed E-state index contributed by atoms with van der Waals surface area (Å²) in [7, 11) is 0. The van der Waals surface area contributed by atoms with Gasteiger partial charge in [0.2, 0.25) is 0 Å². The van der Waals surface area contributed by atoms with Gasteiger partial charge in [-0.2, -0.15) is 0 Å². The number of fused-ring (bicyclic) bond motifs is 1. The van der Waals surface area contributed by atoms with Crippen molar-refractivity contribution in [2.24, 2.45) is 5.73 Å². The lowest BCUT2D eigenvalue weighted by Crippen LogP contribution is -2.11. The summed E-state index contributed by atoms with van der Waals surface area (Å²) in [6, 6.07) is 0. The molecule has 0 aromatic carbocycles. The third-order valence-corrected chi connectivity index (χ3v) is 3.88. The van der Waals surface area contributed by atoms with Crippen LogP contribution in [0.4, 0.5) is 0 Å². The van der Waals surface area contributed by atoms with Crippen LogP contribution in [-0.2, 0) is 12.8 Å². The summed E-state index contributed by atoms with van der Waals surface area (Å²) in [5.41, 5.74) is 6.61. The number of hydrogen-bond acceptors (Lipinski definition) is 4. The Labute approximate surface area is 88.0 Å². The van der Waals surface area contributed by atoms with Crippen LogP contribution in [0.15, 0.2) is 0 Å². The Morgan fingerprint density at radius 2 is 2.14 bits per heavy atom. The fourth-order valence-electron chi connectivity index (χ4n) is 1.79. The van der Waals surface area contributed by atoms with Gasteiger partial charge >= 0.3 is 0 Å². The molecule has 0 saturated heterocycles. The number of hydrogen-bond donors (Lipinski definition) is 2. The first-order chi connectivity index (χ1) is 6.81. The molecule has 3 nitrogen and oxygen atoms in total. The van der Waals surface area contributed by atoms with Crippen LogP contribution in [0.1, 0.15) is 40.9 Å². The molecule has 1 heterocycles. The van der Waals surface area contributed by atoms with E-state index in [9.17, 15) is 5.11 Å². The van der Waals surface area contributed by atoms with Crippen molar-refractivity contribution >= 4 is 11.3 Å². The monoisotopic (exact) mass is 212 g/mol. The molecule has 1 aliphatic carbocycles. The molecule has 0 bridgehead atoms. The van der Waals surface area contributed by atoms with Gasteiger partial charge in [0, 0.05) is 11.4 Å². The zero-order valence-corrected chi connectivity index (χ0v) is 9.02. The van der Waals surface area contributed by atoms with Crippen molar-refractivity contribution in [3.63, 3.8) is 0 Å². The molecule has 1 atom stereocenters. The lowest BCUT2D eigenvalue weighted by atomic mass is 10.2. The van der Waals surface area contributed by atoms with Crippen molar-refractivity contribution < 1.29 is 5.11 Å². The molecule has 0 radical (unpaired) electrons. The van der Waals surface area contributed by atoms with Gasteiger partial charge in [-0.25, -0.2) is 4.98 Å². The van der Waals surface area contributed by atoms with Crippen molar-refractivity contribution in [1.29, 1.82) is 0 Å². The van der Waals surface area contributed by atoms with E-state index in [1.165, 1.54) is 29.8 Å². The van der Waals surface area contributed by atoms with Gasteiger partial charge in [0.25, 0.3) is 0 Å². The van der Waals surface area contributed by atoms with Crippen molar-refractivity contribution in [3.8, 4) is 0 Å². The van der Waals surface area contributed by atoms with Gasteiger partial charge < -0.3 is 10.8 Å². The van der Waals surface area contributed by atoms with Crippen LogP contribution in [0, 0.1) is 0 Å². The highest BCUT2D eigenvalue weighted by atomic mass is 32.1. The van der Waals surface area contributed by atoms with E-state index < -0.39 is 6.10 Å². The molecule has 1 aromatic heterocycles. The maximum Gasteiger partial charge on any atom is 0.123 e. The average Bonchev–Trinajstić information content (AvgIpc) is 2.49. The molecular formula is C10H16N2OS. The molecule has 1 aromatic rings. The van der Waals surface area contributed by atoms with Crippen LogP contribution in [0.25, 0.3) is 0 Å². The van der Waals surface area contributed by atoms with Gasteiger partial charge in [-0.05, 0) is 25.7 Å². The highest BCUT2D eigenvalue weighted by Gasteiger charge is 2.17. The Balaban J connectivity index is 2.22. The molecule has 0 spiro atoms. The first-order valence-electron chi connectivity index (χ1n) is 5.18. The highest BCUT2D eigenvalue weighted by Crippen LogP contribution is 2.28. The predicted octanol–water partition coefficient (Wildman–Crippen LogP) is 1.40. The second kappa shape index (κ2) is 4.38. The molecule has 0 amide bonds. The summed E-state index contributed by atoms with van der Waals surface area (Å²) < 4.78 is 0. The molecule has 1 aliphatic rings. The van der Waals surface area contributed by atoms with Gasteiger partial charge in [0.05, 0.1) is 5.69 Å². The second-order valence-corrected chi connectivity index (χ2v) is 4.85. The summed E-state index contributed by atoms with van der Waals surface area (Å²) in [6.07, 6.45) is 5.43. The number of thiazole rings is 1. The second-order valence-electron chi connectivity index (χ2n) is 3.73. The summed E-state index contributed by atoms with van der Waals surface area (Å²) >= 11 is 1.64. The van der Waals surface area contributed by atoms with Crippen LogP contribution in [0.5, 0.6) is 0 Å². The number of nitrogens with zero attached hydrogens (tertiary/aromatic N) is 1. The molecule has 78 valence electrons. The van der Waals surface area contributed by atoms with E-state index in [2.05, 4.69) is 4.98 Å². The number of aromatic nitrogens is 1. The van der Waals surface area contributed by atoms with Crippen molar-refractivity contribution in [2.45, 2.75) is 38.2 Å². The lowest BCUT2D eigenvalue weighted by molar-refractivity contribution is 0.186. The Morgan fingerprint density at radius 1 is 1.36 bits per heavy atom. The Bertz CT molecular complexity index is 288. The Hall–Kier alpha value is -0.450. The van der Waals surface area contributed by atoms with Crippen LogP contribution < -0.4 is 5.73 Å². The molecule has 14 heavy (non-hydrogen) atoms. The Kier molecular flexibility index (Phi) is 3.15. The molecule has 0 aliphatic heterocycles. The zero-order valence-electron chi connectivity index (χ0n) is 8.20. The van der Waals surface area contributed by atoms with E-state index in [1.807, 2.05) is 0 Å². The lowest BCUT2D eigenvalue weighted by Gasteiger charge is -2.01. The molecule has 3 N–H and O–H groups in total. The van der Waals surface area contributed by atoms with E-state index >= 15 is 0 Å². The van der Waals surface area contributed by atoms with E-state index in [0.717, 1.165) is 17.8 Å². The van der Waals surface area contributed by atoms with E-state index in [4.69, 9.17) is 5.73 Å². The fourth-order valence-corrected chi connectivity index (χ4v) is 2.94. The third-order valence-electron chi connectivity index (χ3n) is 2.62.